The van der Waals surface area contributed by atoms with Crippen LogP contribution in [0.1, 0.15) is 16.7 Å². The summed E-state index contributed by atoms with van der Waals surface area (Å²) in [6.07, 6.45) is 0. The van der Waals surface area contributed by atoms with E-state index >= 15 is 0 Å². The molecule has 92 valence electrons. The minimum absolute atomic E-state index is 0.0937. The molecule has 1 aliphatic rings. The van der Waals surface area contributed by atoms with E-state index in [4.69, 9.17) is 0 Å². The largest absolute Gasteiger partial charge is 0.290 e. The fourth-order valence-corrected chi connectivity index (χ4v) is 2.93. The molecule has 2 aromatic carbocycles. The van der Waals surface area contributed by atoms with Gasteiger partial charge in [0, 0.05) is 29.7 Å². The van der Waals surface area contributed by atoms with Gasteiger partial charge in [-0.25, -0.2) is 4.39 Å². The van der Waals surface area contributed by atoms with Crippen LogP contribution in [-0.2, 0) is 19.6 Å². The Bertz CT molecular complexity index is 537. The molecule has 0 unspecified atom stereocenters. The van der Waals surface area contributed by atoms with Crippen molar-refractivity contribution in [1.29, 1.82) is 0 Å². The number of halogens is 2. The van der Waals surface area contributed by atoms with Gasteiger partial charge >= 0.3 is 0 Å². The lowest BCUT2D eigenvalue weighted by atomic mass is 10.1. The van der Waals surface area contributed by atoms with Gasteiger partial charge in [0.2, 0.25) is 0 Å². The second-order valence-electron chi connectivity index (χ2n) is 4.62. The van der Waals surface area contributed by atoms with Crippen molar-refractivity contribution in [2.45, 2.75) is 19.6 Å². The highest BCUT2D eigenvalue weighted by molar-refractivity contribution is 9.10. The molecule has 1 nitrogen and oxygen atoms in total. The van der Waals surface area contributed by atoms with Gasteiger partial charge in [-0.3, -0.25) is 4.90 Å². The van der Waals surface area contributed by atoms with Crippen molar-refractivity contribution in [3.63, 3.8) is 0 Å². The van der Waals surface area contributed by atoms with Gasteiger partial charge in [0.1, 0.15) is 5.82 Å². The SMILES string of the molecule is Fc1ccc(Br)c2c1CN(Cc1ccccc1)C2. The first-order valence-corrected chi connectivity index (χ1v) is 6.75. The van der Waals surface area contributed by atoms with Crippen molar-refractivity contribution < 1.29 is 4.39 Å². The fraction of sp³-hybridized carbons (Fsp3) is 0.200. The molecule has 0 fully saturated rings. The molecule has 0 radical (unpaired) electrons. The quantitative estimate of drug-likeness (QED) is 0.807. The summed E-state index contributed by atoms with van der Waals surface area (Å²) in [4.78, 5) is 2.26. The van der Waals surface area contributed by atoms with Crippen LogP contribution in [0.25, 0.3) is 0 Å². The lowest BCUT2D eigenvalue weighted by Crippen LogP contribution is -2.15. The van der Waals surface area contributed by atoms with Gasteiger partial charge in [-0.1, -0.05) is 46.3 Å². The average molecular weight is 306 g/mol. The summed E-state index contributed by atoms with van der Waals surface area (Å²) >= 11 is 3.50. The van der Waals surface area contributed by atoms with Crippen molar-refractivity contribution >= 4 is 15.9 Å². The maximum atomic E-state index is 13.7. The minimum atomic E-state index is -0.0937. The smallest absolute Gasteiger partial charge is 0.128 e. The Kier molecular flexibility index (Phi) is 3.18. The molecule has 0 saturated carbocycles. The summed E-state index contributed by atoms with van der Waals surface area (Å²) in [5, 5.41) is 0. The summed E-state index contributed by atoms with van der Waals surface area (Å²) < 4.78 is 14.7. The first-order chi connectivity index (χ1) is 8.74. The van der Waals surface area contributed by atoms with Crippen molar-refractivity contribution in [2.24, 2.45) is 0 Å². The van der Waals surface area contributed by atoms with E-state index in [1.807, 2.05) is 18.2 Å². The molecule has 1 aliphatic heterocycles. The normalized spacial score (nSPS) is 14.8. The Morgan fingerprint density at radius 1 is 1.00 bits per heavy atom. The molecule has 0 saturated heterocycles. The topological polar surface area (TPSA) is 3.24 Å². The molecular formula is C15H13BrFN. The maximum absolute atomic E-state index is 13.7. The van der Waals surface area contributed by atoms with E-state index in [2.05, 4.69) is 33.0 Å². The van der Waals surface area contributed by atoms with Gasteiger partial charge in [-0.15, -0.1) is 0 Å². The molecule has 0 bridgehead atoms. The molecule has 0 amide bonds. The van der Waals surface area contributed by atoms with Crippen LogP contribution in [0.2, 0.25) is 0 Å². The highest BCUT2D eigenvalue weighted by Crippen LogP contribution is 2.32. The van der Waals surface area contributed by atoms with Crippen LogP contribution in [0, 0.1) is 5.82 Å². The van der Waals surface area contributed by atoms with Crippen LogP contribution in [0.3, 0.4) is 0 Å². The van der Waals surface area contributed by atoms with E-state index in [-0.39, 0.29) is 5.82 Å². The summed E-state index contributed by atoms with van der Waals surface area (Å²) in [7, 11) is 0. The Hall–Kier alpha value is -1.19. The van der Waals surface area contributed by atoms with E-state index in [1.165, 1.54) is 11.6 Å². The molecule has 1 heterocycles. The highest BCUT2D eigenvalue weighted by Gasteiger charge is 2.23. The predicted octanol–water partition coefficient (Wildman–Crippen LogP) is 4.10. The number of fused-ring (bicyclic) bond motifs is 1. The van der Waals surface area contributed by atoms with Gasteiger partial charge in [-0.2, -0.15) is 0 Å². The predicted molar refractivity (Wildman–Crippen MR) is 73.5 cm³/mol. The number of nitrogens with zero attached hydrogens (tertiary/aromatic N) is 1. The zero-order valence-electron chi connectivity index (χ0n) is 9.87. The first kappa shape index (κ1) is 11.9. The van der Waals surface area contributed by atoms with E-state index in [0.29, 0.717) is 6.54 Å². The molecular weight excluding hydrogens is 293 g/mol. The Labute approximate surface area is 114 Å². The van der Waals surface area contributed by atoms with Crippen LogP contribution >= 0.6 is 15.9 Å². The Morgan fingerprint density at radius 2 is 1.72 bits per heavy atom. The molecule has 3 heteroatoms. The second-order valence-corrected chi connectivity index (χ2v) is 5.47. The van der Waals surface area contributed by atoms with Gasteiger partial charge < -0.3 is 0 Å². The van der Waals surface area contributed by atoms with E-state index < -0.39 is 0 Å². The van der Waals surface area contributed by atoms with E-state index in [0.717, 1.165) is 28.7 Å². The van der Waals surface area contributed by atoms with Crippen LogP contribution in [0.4, 0.5) is 4.39 Å². The van der Waals surface area contributed by atoms with Crippen molar-refractivity contribution in [2.75, 3.05) is 0 Å². The number of hydrogen-bond donors (Lipinski definition) is 0. The third kappa shape index (κ3) is 2.20. The zero-order valence-corrected chi connectivity index (χ0v) is 11.5. The van der Waals surface area contributed by atoms with Gasteiger partial charge in [-0.05, 0) is 23.3 Å². The van der Waals surface area contributed by atoms with Crippen molar-refractivity contribution in [3.05, 3.63) is 69.4 Å². The third-order valence-corrected chi connectivity index (χ3v) is 4.07. The minimum Gasteiger partial charge on any atom is -0.290 e. The number of hydrogen-bond acceptors (Lipinski definition) is 1. The average Bonchev–Trinajstić information content (AvgIpc) is 2.80. The Morgan fingerprint density at radius 3 is 2.44 bits per heavy atom. The molecule has 0 spiro atoms. The third-order valence-electron chi connectivity index (χ3n) is 3.33. The lowest BCUT2D eigenvalue weighted by Gasteiger charge is -2.14. The van der Waals surface area contributed by atoms with Gasteiger partial charge in [0.05, 0.1) is 0 Å². The summed E-state index contributed by atoms with van der Waals surface area (Å²) in [5.74, 6) is -0.0937. The molecule has 3 rings (SSSR count). The molecule has 0 aliphatic carbocycles. The molecule has 18 heavy (non-hydrogen) atoms. The van der Waals surface area contributed by atoms with E-state index in [9.17, 15) is 4.39 Å². The number of benzene rings is 2. The monoisotopic (exact) mass is 305 g/mol. The van der Waals surface area contributed by atoms with Crippen molar-refractivity contribution in [1.82, 2.24) is 4.90 Å². The fourth-order valence-electron chi connectivity index (χ4n) is 2.43. The molecule has 2 aromatic rings. The van der Waals surface area contributed by atoms with Crippen LogP contribution in [0.5, 0.6) is 0 Å². The Balaban J connectivity index is 1.81. The van der Waals surface area contributed by atoms with Gasteiger partial charge in [0.25, 0.3) is 0 Å². The first-order valence-electron chi connectivity index (χ1n) is 5.96. The highest BCUT2D eigenvalue weighted by atomic mass is 79.9. The number of rotatable bonds is 2. The standard InChI is InChI=1S/C15H13BrFN/c16-14-6-7-15(17)13-10-18(9-12(13)14)8-11-4-2-1-3-5-11/h1-7H,8-10H2. The summed E-state index contributed by atoms with van der Waals surface area (Å²) in [6.45, 7) is 2.36. The summed E-state index contributed by atoms with van der Waals surface area (Å²) in [5.41, 5.74) is 3.19. The zero-order chi connectivity index (χ0) is 12.5. The van der Waals surface area contributed by atoms with Crippen LogP contribution in [-0.4, -0.2) is 4.90 Å². The van der Waals surface area contributed by atoms with Crippen molar-refractivity contribution in [3.8, 4) is 0 Å². The lowest BCUT2D eigenvalue weighted by molar-refractivity contribution is 0.273. The summed E-state index contributed by atoms with van der Waals surface area (Å²) in [6, 6.07) is 13.6. The molecule has 0 atom stereocenters. The van der Waals surface area contributed by atoms with E-state index in [1.54, 1.807) is 6.07 Å². The van der Waals surface area contributed by atoms with Crippen LogP contribution in [0.15, 0.2) is 46.9 Å². The second kappa shape index (κ2) is 4.82. The molecule has 0 N–H and O–H groups in total. The maximum Gasteiger partial charge on any atom is 0.128 e. The van der Waals surface area contributed by atoms with Gasteiger partial charge in [0.15, 0.2) is 0 Å². The van der Waals surface area contributed by atoms with Crippen LogP contribution < -0.4 is 0 Å². The molecule has 0 aromatic heterocycles.